The fourth-order valence-electron chi connectivity index (χ4n) is 2.64. The fraction of sp³-hybridized carbons (Fsp3) is 0.625. The molecule has 2 atom stereocenters. The third-order valence-electron chi connectivity index (χ3n) is 3.82. The third-order valence-corrected chi connectivity index (χ3v) is 3.82. The molecular formula is C16H25NO2. The maximum Gasteiger partial charge on any atom is 0.122 e. The van der Waals surface area contributed by atoms with Crippen LogP contribution < -0.4 is 10.1 Å². The van der Waals surface area contributed by atoms with Crippen molar-refractivity contribution >= 4 is 0 Å². The van der Waals surface area contributed by atoms with Crippen LogP contribution in [0.15, 0.2) is 18.2 Å². The van der Waals surface area contributed by atoms with E-state index in [2.05, 4.69) is 37.4 Å². The first-order chi connectivity index (χ1) is 9.28. The quantitative estimate of drug-likeness (QED) is 0.820. The summed E-state index contributed by atoms with van der Waals surface area (Å²) in [5, 5.41) is 3.70. The molecule has 2 unspecified atom stereocenters. The zero-order valence-electron chi connectivity index (χ0n) is 12.2. The van der Waals surface area contributed by atoms with E-state index in [4.69, 9.17) is 9.47 Å². The van der Waals surface area contributed by atoms with Gasteiger partial charge in [-0.15, -0.1) is 0 Å². The first kappa shape index (κ1) is 14.4. The predicted octanol–water partition coefficient (Wildman–Crippen LogP) is 3.09. The summed E-state index contributed by atoms with van der Waals surface area (Å²) < 4.78 is 10.8. The second kappa shape index (κ2) is 6.92. The normalized spacial score (nSPS) is 16.8. The van der Waals surface area contributed by atoms with Crippen LogP contribution in [0.2, 0.25) is 0 Å². The topological polar surface area (TPSA) is 30.5 Å². The number of nitrogens with one attached hydrogen (secondary N) is 1. The minimum Gasteiger partial charge on any atom is -0.493 e. The Morgan fingerprint density at radius 1 is 1.32 bits per heavy atom. The van der Waals surface area contributed by atoms with Gasteiger partial charge >= 0.3 is 0 Å². The van der Waals surface area contributed by atoms with Crippen molar-refractivity contribution in [2.24, 2.45) is 0 Å². The van der Waals surface area contributed by atoms with E-state index in [1.54, 1.807) is 7.11 Å². The molecule has 3 heteroatoms. The van der Waals surface area contributed by atoms with Crippen molar-refractivity contribution in [1.82, 2.24) is 5.32 Å². The number of hydrogen-bond acceptors (Lipinski definition) is 3. The van der Waals surface area contributed by atoms with E-state index in [1.807, 2.05) is 0 Å². The second-order valence-electron chi connectivity index (χ2n) is 5.15. The Balaban J connectivity index is 2.08. The van der Waals surface area contributed by atoms with Gasteiger partial charge in [0.05, 0.1) is 13.2 Å². The monoisotopic (exact) mass is 263 g/mol. The Kier molecular flexibility index (Phi) is 5.23. The third kappa shape index (κ3) is 3.48. The van der Waals surface area contributed by atoms with Crippen molar-refractivity contribution in [2.45, 2.75) is 45.2 Å². The highest BCUT2D eigenvalue weighted by molar-refractivity contribution is 5.40. The molecule has 0 aromatic heterocycles. The van der Waals surface area contributed by atoms with Crippen LogP contribution in [0.3, 0.4) is 0 Å². The van der Waals surface area contributed by atoms with E-state index in [9.17, 15) is 0 Å². The average Bonchev–Trinajstić information content (AvgIpc) is 2.90. The Hall–Kier alpha value is -1.06. The van der Waals surface area contributed by atoms with Gasteiger partial charge in [0.15, 0.2) is 0 Å². The predicted molar refractivity (Wildman–Crippen MR) is 77.8 cm³/mol. The van der Waals surface area contributed by atoms with Gasteiger partial charge in [0, 0.05) is 25.6 Å². The van der Waals surface area contributed by atoms with Gasteiger partial charge in [-0.2, -0.15) is 0 Å². The lowest BCUT2D eigenvalue weighted by molar-refractivity contribution is 0.158. The van der Waals surface area contributed by atoms with E-state index in [0.29, 0.717) is 12.1 Å². The maximum atomic E-state index is 5.57. The van der Waals surface area contributed by atoms with E-state index < -0.39 is 0 Å². The maximum absolute atomic E-state index is 5.57. The first-order valence-electron chi connectivity index (χ1n) is 7.29. The van der Waals surface area contributed by atoms with Crippen LogP contribution in [-0.2, 0) is 11.2 Å². The number of methoxy groups -OCH3 is 1. The Labute approximate surface area is 116 Å². The number of fused-ring (bicyclic) bond motifs is 1. The van der Waals surface area contributed by atoms with Crippen molar-refractivity contribution in [3.05, 3.63) is 29.3 Å². The molecule has 0 spiro atoms. The lowest BCUT2D eigenvalue weighted by atomic mass is 9.99. The molecule has 0 aliphatic carbocycles. The lowest BCUT2D eigenvalue weighted by Crippen LogP contribution is -2.35. The SMILES string of the molecule is CCC(COC)NC(CC)c1ccc2c(c1)CCO2. The van der Waals surface area contributed by atoms with Crippen LogP contribution >= 0.6 is 0 Å². The van der Waals surface area contributed by atoms with Crippen LogP contribution in [0.1, 0.15) is 43.9 Å². The van der Waals surface area contributed by atoms with Gasteiger partial charge < -0.3 is 14.8 Å². The van der Waals surface area contributed by atoms with Crippen LogP contribution in [0, 0.1) is 0 Å². The summed E-state index contributed by atoms with van der Waals surface area (Å²) in [5.41, 5.74) is 2.71. The largest absolute Gasteiger partial charge is 0.493 e. The van der Waals surface area contributed by atoms with Crippen molar-refractivity contribution in [2.75, 3.05) is 20.3 Å². The summed E-state index contributed by atoms with van der Waals surface area (Å²) in [4.78, 5) is 0. The van der Waals surface area contributed by atoms with Gasteiger partial charge in [-0.1, -0.05) is 26.0 Å². The van der Waals surface area contributed by atoms with Crippen molar-refractivity contribution in [1.29, 1.82) is 0 Å². The Morgan fingerprint density at radius 2 is 2.16 bits per heavy atom. The number of ether oxygens (including phenoxy) is 2. The molecule has 1 aliphatic rings. The molecule has 0 saturated heterocycles. The molecule has 2 rings (SSSR count). The molecule has 1 aliphatic heterocycles. The lowest BCUT2D eigenvalue weighted by Gasteiger charge is -2.24. The van der Waals surface area contributed by atoms with Gasteiger partial charge in [0.1, 0.15) is 5.75 Å². The fourth-order valence-corrected chi connectivity index (χ4v) is 2.64. The summed E-state index contributed by atoms with van der Waals surface area (Å²) in [5.74, 6) is 1.06. The smallest absolute Gasteiger partial charge is 0.122 e. The molecule has 0 fully saturated rings. The average molecular weight is 263 g/mol. The molecule has 0 radical (unpaired) electrons. The molecule has 106 valence electrons. The minimum atomic E-state index is 0.394. The zero-order valence-corrected chi connectivity index (χ0v) is 12.2. The summed E-state index contributed by atoms with van der Waals surface area (Å²) >= 11 is 0. The highest BCUT2D eigenvalue weighted by Crippen LogP contribution is 2.29. The number of benzene rings is 1. The van der Waals surface area contributed by atoms with Gasteiger partial charge in [-0.3, -0.25) is 0 Å². The molecule has 1 aromatic carbocycles. The Bertz CT molecular complexity index is 406. The highest BCUT2D eigenvalue weighted by Gasteiger charge is 2.18. The van der Waals surface area contributed by atoms with E-state index in [1.165, 1.54) is 11.1 Å². The second-order valence-corrected chi connectivity index (χ2v) is 5.15. The van der Waals surface area contributed by atoms with Crippen molar-refractivity contribution < 1.29 is 9.47 Å². The molecule has 1 aromatic rings. The van der Waals surface area contributed by atoms with Gasteiger partial charge in [0.2, 0.25) is 0 Å². The molecule has 0 saturated carbocycles. The summed E-state index contributed by atoms with van der Waals surface area (Å²) in [7, 11) is 1.76. The van der Waals surface area contributed by atoms with Crippen LogP contribution in [0.4, 0.5) is 0 Å². The summed E-state index contributed by atoms with van der Waals surface area (Å²) in [6.45, 7) is 6.01. The molecular weight excluding hydrogens is 238 g/mol. The number of hydrogen-bond donors (Lipinski definition) is 1. The van der Waals surface area contributed by atoms with Crippen molar-refractivity contribution in [3.8, 4) is 5.75 Å². The minimum absolute atomic E-state index is 0.394. The van der Waals surface area contributed by atoms with Gasteiger partial charge in [-0.25, -0.2) is 0 Å². The van der Waals surface area contributed by atoms with Crippen LogP contribution in [0.5, 0.6) is 5.75 Å². The summed E-state index contributed by atoms with van der Waals surface area (Å²) in [6.07, 6.45) is 3.20. The molecule has 19 heavy (non-hydrogen) atoms. The standard InChI is InChI=1S/C16H25NO2/c1-4-14(11-18-3)17-15(5-2)12-6-7-16-13(10-12)8-9-19-16/h6-7,10,14-15,17H,4-5,8-9,11H2,1-3H3. The molecule has 1 N–H and O–H groups in total. The first-order valence-corrected chi connectivity index (χ1v) is 7.29. The van der Waals surface area contributed by atoms with Gasteiger partial charge in [0.25, 0.3) is 0 Å². The molecule has 0 bridgehead atoms. The molecule has 3 nitrogen and oxygen atoms in total. The summed E-state index contributed by atoms with van der Waals surface area (Å²) in [6, 6.07) is 7.40. The zero-order chi connectivity index (χ0) is 13.7. The van der Waals surface area contributed by atoms with Gasteiger partial charge in [-0.05, 0) is 30.0 Å². The van der Waals surface area contributed by atoms with Crippen LogP contribution in [-0.4, -0.2) is 26.4 Å². The molecule has 0 amide bonds. The number of rotatable bonds is 7. The molecule has 1 heterocycles. The van der Waals surface area contributed by atoms with E-state index in [0.717, 1.165) is 38.2 Å². The van der Waals surface area contributed by atoms with Crippen molar-refractivity contribution in [3.63, 3.8) is 0 Å². The van der Waals surface area contributed by atoms with Crippen LogP contribution in [0.25, 0.3) is 0 Å². The Morgan fingerprint density at radius 3 is 2.84 bits per heavy atom. The highest BCUT2D eigenvalue weighted by atomic mass is 16.5. The van der Waals surface area contributed by atoms with E-state index >= 15 is 0 Å². The van der Waals surface area contributed by atoms with E-state index in [-0.39, 0.29) is 0 Å².